The van der Waals surface area contributed by atoms with Crippen LogP contribution in [0, 0.1) is 6.92 Å². The fourth-order valence-corrected chi connectivity index (χ4v) is 3.32. The number of aromatic nitrogens is 2. The molecule has 0 aliphatic rings. The average molecular weight is 379 g/mol. The summed E-state index contributed by atoms with van der Waals surface area (Å²) in [6.07, 6.45) is 0. The molecule has 1 aromatic heterocycles. The van der Waals surface area contributed by atoms with Gasteiger partial charge in [-0.1, -0.05) is 59.8 Å². The Kier molecular flexibility index (Phi) is 6.08. The average Bonchev–Trinajstić information content (AvgIpc) is 2.69. The lowest BCUT2D eigenvalue weighted by atomic mass is 10.2. The van der Waals surface area contributed by atoms with Crippen LogP contribution < -0.4 is 10.9 Å². The van der Waals surface area contributed by atoms with E-state index in [-0.39, 0.29) is 16.7 Å². The molecule has 0 bridgehead atoms. The van der Waals surface area contributed by atoms with Crippen LogP contribution in [-0.4, -0.2) is 20.9 Å². The van der Waals surface area contributed by atoms with Crippen LogP contribution >= 0.6 is 11.8 Å². The number of nitrogens with zero attached hydrogens (tertiary/aromatic N) is 2. The SMILES string of the molecule is Cc1ccc(-n2nc(SC(C)C(=O)NCc3ccccc3)ccc2=O)cc1. The number of hydrogen-bond acceptors (Lipinski definition) is 4. The molecule has 1 unspecified atom stereocenters. The van der Waals surface area contributed by atoms with Gasteiger partial charge in [-0.2, -0.15) is 9.78 Å². The van der Waals surface area contributed by atoms with Crippen molar-refractivity contribution in [3.63, 3.8) is 0 Å². The Hall–Kier alpha value is -2.86. The van der Waals surface area contributed by atoms with E-state index in [1.807, 2.05) is 68.4 Å². The maximum atomic E-state index is 12.4. The Labute approximate surface area is 162 Å². The highest BCUT2D eigenvalue weighted by Gasteiger charge is 2.15. The van der Waals surface area contributed by atoms with E-state index in [2.05, 4.69) is 10.4 Å². The molecule has 0 saturated carbocycles. The van der Waals surface area contributed by atoms with Crippen molar-refractivity contribution in [3.8, 4) is 5.69 Å². The fraction of sp³-hybridized carbons (Fsp3) is 0.190. The summed E-state index contributed by atoms with van der Waals surface area (Å²) in [5, 5.41) is 7.62. The van der Waals surface area contributed by atoms with Gasteiger partial charge >= 0.3 is 0 Å². The van der Waals surface area contributed by atoms with Gasteiger partial charge in [-0.15, -0.1) is 0 Å². The van der Waals surface area contributed by atoms with Gasteiger partial charge in [0, 0.05) is 12.6 Å². The van der Waals surface area contributed by atoms with Crippen molar-refractivity contribution >= 4 is 17.7 Å². The second kappa shape index (κ2) is 8.68. The summed E-state index contributed by atoms with van der Waals surface area (Å²) in [7, 11) is 0. The first kappa shape index (κ1) is 18.9. The number of benzene rings is 2. The molecule has 0 aliphatic heterocycles. The van der Waals surface area contributed by atoms with Crippen molar-refractivity contribution in [1.82, 2.24) is 15.1 Å². The van der Waals surface area contributed by atoms with E-state index in [1.54, 1.807) is 6.07 Å². The monoisotopic (exact) mass is 379 g/mol. The minimum atomic E-state index is -0.329. The molecule has 1 amide bonds. The molecule has 27 heavy (non-hydrogen) atoms. The number of hydrogen-bond donors (Lipinski definition) is 1. The molecule has 0 saturated heterocycles. The van der Waals surface area contributed by atoms with E-state index in [4.69, 9.17) is 0 Å². The lowest BCUT2D eigenvalue weighted by Gasteiger charge is -2.12. The summed E-state index contributed by atoms with van der Waals surface area (Å²) in [6, 6.07) is 20.5. The number of nitrogens with one attached hydrogen (secondary N) is 1. The van der Waals surface area contributed by atoms with Crippen LogP contribution in [0.15, 0.2) is 76.6 Å². The van der Waals surface area contributed by atoms with Crippen LogP contribution in [-0.2, 0) is 11.3 Å². The van der Waals surface area contributed by atoms with Gasteiger partial charge in [-0.3, -0.25) is 9.59 Å². The number of carbonyl (C=O) groups excluding carboxylic acids is 1. The highest BCUT2D eigenvalue weighted by atomic mass is 32.2. The molecule has 0 aliphatic carbocycles. The quantitative estimate of drug-likeness (QED) is 0.667. The third-order valence-electron chi connectivity index (χ3n) is 4.03. The van der Waals surface area contributed by atoms with E-state index in [0.717, 1.165) is 11.1 Å². The smallest absolute Gasteiger partial charge is 0.271 e. The Bertz CT molecular complexity index is 969. The van der Waals surface area contributed by atoms with E-state index in [1.165, 1.54) is 22.5 Å². The van der Waals surface area contributed by atoms with Gasteiger partial charge in [0.15, 0.2) is 0 Å². The Morgan fingerprint density at radius 1 is 1.07 bits per heavy atom. The first-order valence-electron chi connectivity index (χ1n) is 8.68. The van der Waals surface area contributed by atoms with Crippen LogP contribution in [0.2, 0.25) is 0 Å². The van der Waals surface area contributed by atoms with Gasteiger partial charge in [-0.05, 0) is 37.6 Å². The maximum Gasteiger partial charge on any atom is 0.271 e. The number of amides is 1. The van der Waals surface area contributed by atoms with Gasteiger partial charge in [0.2, 0.25) is 5.91 Å². The number of aryl methyl sites for hydroxylation is 1. The Morgan fingerprint density at radius 2 is 1.78 bits per heavy atom. The predicted octanol–water partition coefficient (Wildman–Crippen LogP) is 3.34. The van der Waals surface area contributed by atoms with Crippen LogP contribution in [0.1, 0.15) is 18.1 Å². The van der Waals surface area contributed by atoms with E-state index >= 15 is 0 Å². The summed E-state index contributed by atoms with van der Waals surface area (Å²) in [5.41, 5.74) is 2.66. The van der Waals surface area contributed by atoms with Crippen molar-refractivity contribution in [2.24, 2.45) is 0 Å². The maximum absolute atomic E-state index is 12.4. The van der Waals surface area contributed by atoms with Gasteiger partial charge in [0.1, 0.15) is 5.03 Å². The van der Waals surface area contributed by atoms with Crippen LogP contribution in [0.3, 0.4) is 0 Å². The first-order valence-corrected chi connectivity index (χ1v) is 9.56. The molecule has 0 spiro atoms. The lowest BCUT2D eigenvalue weighted by Crippen LogP contribution is -2.30. The van der Waals surface area contributed by atoms with E-state index in [9.17, 15) is 9.59 Å². The molecule has 5 nitrogen and oxygen atoms in total. The number of thioether (sulfide) groups is 1. The van der Waals surface area contributed by atoms with Crippen molar-refractivity contribution in [3.05, 3.63) is 88.2 Å². The zero-order valence-corrected chi connectivity index (χ0v) is 16.1. The molecule has 6 heteroatoms. The van der Waals surface area contributed by atoms with E-state index < -0.39 is 0 Å². The summed E-state index contributed by atoms with van der Waals surface area (Å²) in [6.45, 7) is 4.30. The van der Waals surface area contributed by atoms with Crippen molar-refractivity contribution in [2.75, 3.05) is 0 Å². The van der Waals surface area contributed by atoms with Gasteiger partial charge in [-0.25, -0.2) is 0 Å². The second-order valence-electron chi connectivity index (χ2n) is 6.22. The summed E-state index contributed by atoms with van der Waals surface area (Å²) < 4.78 is 1.36. The topological polar surface area (TPSA) is 64.0 Å². The molecule has 138 valence electrons. The van der Waals surface area contributed by atoms with Crippen molar-refractivity contribution in [1.29, 1.82) is 0 Å². The minimum absolute atomic E-state index is 0.0706. The molecule has 1 N–H and O–H groups in total. The Morgan fingerprint density at radius 3 is 2.48 bits per heavy atom. The van der Waals surface area contributed by atoms with Gasteiger partial charge in [0.05, 0.1) is 10.9 Å². The van der Waals surface area contributed by atoms with Gasteiger partial charge in [0.25, 0.3) is 5.56 Å². The minimum Gasteiger partial charge on any atom is -0.351 e. The third kappa shape index (κ3) is 5.08. The molecule has 0 fully saturated rings. The highest BCUT2D eigenvalue weighted by molar-refractivity contribution is 8.00. The van der Waals surface area contributed by atoms with Crippen LogP contribution in [0.4, 0.5) is 0 Å². The summed E-state index contributed by atoms with van der Waals surface area (Å²) >= 11 is 1.32. The molecule has 0 radical (unpaired) electrons. The standard InChI is InChI=1S/C21H21N3O2S/c1-15-8-10-18(11-9-15)24-20(25)13-12-19(23-24)27-16(2)21(26)22-14-17-6-4-3-5-7-17/h3-13,16H,14H2,1-2H3,(H,22,26). The molecule has 3 rings (SSSR count). The first-order chi connectivity index (χ1) is 13.0. The summed E-state index contributed by atoms with van der Waals surface area (Å²) in [5.74, 6) is -0.0706. The predicted molar refractivity (Wildman–Crippen MR) is 108 cm³/mol. The Balaban J connectivity index is 1.67. The fourth-order valence-electron chi connectivity index (χ4n) is 2.49. The molecule has 3 aromatic rings. The molecular formula is C21H21N3O2S. The summed E-state index contributed by atoms with van der Waals surface area (Å²) in [4.78, 5) is 24.5. The molecule has 1 heterocycles. The number of rotatable bonds is 6. The highest BCUT2D eigenvalue weighted by Crippen LogP contribution is 2.20. The van der Waals surface area contributed by atoms with Crippen LogP contribution in [0.25, 0.3) is 5.69 Å². The number of carbonyl (C=O) groups is 1. The molecular weight excluding hydrogens is 358 g/mol. The third-order valence-corrected chi connectivity index (χ3v) is 5.06. The van der Waals surface area contributed by atoms with Crippen LogP contribution in [0.5, 0.6) is 0 Å². The largest absolute Gasteiger partial charge is 0.351 e. The second-order valence-corrected chi connectivity index (χ2v) is 7.58. The zero-order chi connectivity index (χ0) is 19.2. The zero-order valence-electron chi connectivity index (χ0n) is 15.3. The lowest BCUT2D eigenvalue weighted by molar-refractivity contribution is -0.120. The molecule has 1 atom stereocenters. The normalized spacial score (nSPS) is 11.8. The van der Waals surface area contributed by atoms with E-state index in [0.29, 0.717) is 17.3 Å². The van der Waals surface area contributed by atoms with Crippen molar-refractivity contribution in [2.45, 2.75) is 30.7 Å². The molecule has 2 aromatic carbocycles. The van der Waals surface area contributed by atoms with Crippen molar-refractivity contribution < 1.29 is 4.79 Å². The van der Waals surface area contributed by atoms with Gasteiger partial charge < -0.3 is 5.32 Å².